The third kappa shape index (κ3) is 6.25. The summed E-state index contributed by atoms with van der Waals surface area (Å²) in [5, 5.41) is 8.48. The van der Waals surface area contributed by atoms with Crippen molar-refractivity contribution in [2.75, 3.05) is 6.61 Å². The molecule has 0 aliphatic heterocycles. The van der Waals surface area contributed by atoms with Crippen LogP contribution in [0.3, 0.4) is 0 Å². The fraction of sp³-hybridized carbons (Fsp3) is 0.400. The largest absolute Gasteiger partial charge is 0.493 e. The van der Waals surface area contributed by atoms with Gasteiger partial charge in [-0.05, 0) is 25.0 Å². The van der Waals surface area contributed by atoms with Gasteiger partial charge in [0.25, 0.3) is 5.91 Å². The number of hydrogen-bond acceptors (Lipinski definition) is 4. The maximum atomic E-state index is 12.0. The fourth-order valence-electron chi connectivity index (χ4n) is 1.65. The van der Waals surface area contributed by atoms with E-state index >= 15 is 0 Å². The first-order valence-corrected chi connectivity index (χ1v) is 7.07. The van der Waals surface area contributed by atoms with Gasteiger partial charge < -0.3 is 9.84 Å². The molecule has 0 heterocycles. The number of rotatable bonds is 8. The molecule has 0 bridgehead atoms. The van der Waals surface area contributed by atoms with Crippen molar-refractivity contribution in [3.05, 3.63) is 29.8 Å². The molecule has 7 nitrogen and oxygen atoms in total. The molecule has 7 heteroatoms. The highest BCUT2D eigenvalue weighted by molar-refractivity contribution is 5.97. The number of carboxylic acid groups (broad SMARTS) is 1. The van der Waals surface area contributed by atoms with Gasteiger partial charge >= 0.3 is 5.97 Å². The molecule has 0 spiro atoms. The van der Waals surface area contributed by atoms with E-state index < -0.39 is 17.8 Å². The van der Waals surface area contributed by atoms with Crippen LogP contribution >= 0.6 is 0 Å². The molecule has 0 aromatic heterocycles. The van der Waals surface area contributed by atoms with Crippen LogP contribution in [-0.4, -0.2) is 29.5 Å². The maximum absolute atomic E-state index is 12.0. The number of hydrogen-bond donors (Lipinski definition) is 3. The molecule has 0 atom stereocenters. The number of carboxylic acids is 1. The summed E-state index contributed by atoms with van der Waals surface area (Å²) in [6.07, 6.45) is 0.971. The summed E-state index contributed by atoms with van der Waals surface area (Å²) in [5.74, 6) is -1.44. The molecule has 1 aromatic carbocycles. The summed E-state index contributed by atoms with van der Waals surface area (Å²) < 4.78 is 5.47. The molecule has 0 radical (unpaired) electrons. The summed E-state index contributed by atoms with van der Waals surface area (Å²) in [6, 6.07) is 6.73. The minimum atomic E-state index is -0.959. The number of carbonyl (C=O) groups is 3. The highest BCUT2D eigenvalue weighted by atomic mass is 16.5. The van der Waals surface area contributed by atoms with Crippen LogP contribution in [0.25, 0.3) is 0 Å². The van der Waals surface area contributed by atoms with Gasteiger partial charge in [0.1, 0.15) is 5.75 Å². The second-order valence-corrected chi connectivity index (χ2v) is 4.59. The molecule has 3 N–H and O–H groups in total. The van der Waals surface area contributed by atoms with E-state index in [4.69, 9.17) is 9.84 Å². The highest BCUT2D eigenvalue weighted by Crippen LogP contribution is 2.17. The Bertz CT molecular complexity index is 530. The van der Waals surface area contributed by atoms with Gasteiger partial charge in [-0.3, -0.25) is 25.2 Å². The van der Waals surface area contributed by atoms with Crippen molar-refractivity contribution in [2.24, 2.45) is 0 Å². The van der Waals surface area contributed by atoms with Crippen LogP contribution in [-0.2, 0) is 9.59 Å². The molecule has 0 saturated heterocycles. The Balaban J connectivity index is 2.48. The van der Waals surface area contributed by atoms with Gasteiger partial charge in [0.05, 0.1) is 12.2 Å². The molecule has 22 heavy (non-hydrogen) atoms. The lowest BCUT2D eigenvalue weighted by atomic mass is 10.2. The van der Waals surface area contributed by atoms with Crippen LogP contribution in [0.15, 0.2) is 24.3 Å². The van der Waals surface area contributed by atoms with Crippen LogP contribution in [0.1, 0.15) is 43.0 Å². The first kappa shape index (κ1) is 17.5. The van der Waals surface area contributed by atoms with E-state index in [0.717, 1.165) is 6.42 Å². The Morgan fingerprint density at radius 3 is 2.55 bits per heavy atom. The number of hydrazine groups is 1. The molecule has 0 aliphatic rings. The molecule has 0 aliphatic carbocycles. The van der Waals surface area contributed by atoms with E-state index in [2.05, 4.69) is 10.9 Å². The summed E-state index contributed by atoms with van der Waals surface area (Å²) >= 11 is 0. The van der Waals surface area contributed by atoms with E-state index in [0.29, 0.717) is 17.9 Å². The van der Waals surface area contributed by atoms with E-state index in [1.54, 1.807) is 24.3 Å². The number of carbonyl (C=O) groups excluding carboxylic acids is 2. The molecule has 0 unspecified atom stereocenters. The van der Waals surface area contributed by atoms with Crippen molar-refractivity contribution in [1.82, 2.24) is 10.9 Å². The van der Waals surface area contributed by atoms with Gasteiger partial charge in [-0.25, -0.2) is 0 Å². The lowest BCUT2D eigenvalue weighted by Gasteiger charge is -2.11. The first-order chi connectivity index (χ1) is 10.5. The highest BCUT2D eigenvalue weighted by Gasteiger charge is 2.12. The van der Waals surface area contributed by atoms with E-state index in [1.807, 2.05) is 6.92 Å². The van der Waals surface area contributed by atoms with Crippen molar-refractivity contribution in [2.45, 2.75) is 32.6 Å². The van der Waals surface area contributed by atoms with Crippen LogP contribution in [0.5, 0.6) is 5.75 Å². The fourth-order valence-corrected chi connectivity index (χ4v) is 1.65. The van der Waals surface area contributed by atoms with Gasteiger partial charge in [0, 0.05) is 12.8 Å². The molecular formula is C15H20N2O5. The summed E-state index contributed by atoms with van der Waals surface area (Å²) in [5.41, 5.74) is 4.86. The quantitative estimate of drug-likeness (QED) is 0.631. The lowest BCUT2D eigenvalue weighted by molar-refractivity contribution is -0.137. The van der Waals surface area contributed by atoms with Crippen molar-refractivity contribution in [3.63, 3.8) is 0 Å². The number of nitrogens with one attached hydrogen (secondary N) is 2. The van der Waals surface area contributed by atoms with Crippen molar-refractivity contribution < 1.29 is 24.2 Å². The van der Waals surface area contributed by atoms with E-state index in [1.165, 1.54) is 0 Å². The minimum absolute atomic E-state index is 0.0283. The Morgan fingerprint density at radius 2 is 1.86 bits per heavy atom. The predicted molar refractivity (Wildman–Crippen MR) is 79.3 cm³/mol. The Kier molecular flexibility index (Phi) is 7.45. The number of ether oxygens (including phenoxy) is 1. The van der Waals surface area contributed by atoms with Gasteiger partial charge in [-0.15, -0.1) is 0 Å². The van der Waals surface area contributed by atoms with Crippen molar-refractivity contribution >= 4 is 17.8 Å². The Labute approximate surface area is 128 Å². The predicted octanol–water partition coefficient (Wildman–Crippen LogP) is 1.49. The number of para-hydroxylation sites is 1. The third-order valence-corrected chi connectivity index (χ3v) is 2.70. The molecular weight excluding hydrogens is 288 g/mol. The monoisotopic (exact) mass is 308 g/mol. The van der Waals surface area contributed by atoms with Crippen LogP contribution in [0.4, 0.5) is 0 Å². The van der Waals surface area contributed by atoms with Gasteiger partial charge in [0.15, 0.2) is 0 Å². The van der Waals surface area contributed by atoms with Crippen molar-refractivity contribution in [3.8, 4) is 5.75 Å². The van der Waals surface area contributed by atoms with Crippen LogP contribution in [0, 0.1) is 0 Å². The second-order valence-electron chi connectivity index (χ2n) is 4.59. The zero-order valence-corrected chi connectivity index (χ0v) is 12.4. The van der Waals surface area contributed by atoms with Crippen LogP contribution < -0.4 is 15.6 Å². The van der Waals surface area contributed by atoms with Gasteiger partial charge in [0.2, 0.25) is 5.91 Å². The minimum Gasteiger partial charge on any atom is -0.493 e. The summed E-state index contributed by atoms with van der Waals surface area (Å²) in [4.78, 5) is 33.8. The number of benzene rings is 1. The second kappa shape index (κ2) is 9.38. The average molecular weight is 308 g/mol. The van der Waals surface area contributed by atoms with E-state index in [-0.39, 0.29) is 19.3 Å². The standard InChI is InChI=1S/C15H20N2O5/c1-2-10-22-12-7-4-3-6-11(12)15(21)17-16-13(18)8-5-9-14(19)20/h3-4,6-7H,2,5,8-10H2,1H3,(H,16,18)(H,17,21)(H,19,20). The Morgan fingerprint density at radius 1 is 1.14 bits per heavy atom. The zero-order valence-electron chi connectivity index (χ0n) is 12.4. The molecule has 0 saturated carbocycles. The number of amides is 2. The average Bonchev–Trinajstić information content (AvgIpc) is 2.50. The third-order valence-electron chi connectivity index (χ3n) is 2.70. The lowest BCUT2D eigenvalue weighted by Crippen LogP contribution is -2.41. The molecule has 2 amide bonds. The summed E-state index contributed by atoms with van der Waals surface area (Å²) in [6.45, 7) is 2.45. The Hall–Kier alpha value is -2.57. The molecule has 1 rings (SSSR count). The number of aliphatic carboxylic acids is 1. The smallest absolute Gasteiger partial charge is 0.303 e. The van der Waals surface area contributed by atoms with Gasteiger partial charge in [-0.1, -0.05) is 19.1 Å². The molecule has 1 aromatic rings. The summed E-state index contributed by atoms with van der Waals surface area (Å²) in [7, 11) is 0. The van der Waals surface area contributed by atoms with E-state index in [9.17, 15) is 14.4 Å². The molecule has 120 valence electrons. The zero-order chi connectivity index (χ0) is 16.4. The van der Waals surface area contributed by atoms with Crippen LogP contribution in [0.2, 0.25) is 0 Å². The maximum Gasteiger partial charge on any atom is 0.303 e. The first-order valence-electron chi connectivity index (χ1n) is 7.07. The SMILES string of the molecule is CCCOc1ccccc1C(=O)NNC(=O)CCCC(=O)O. The molecule has 0 fully saturated rings. The van der Waals surface area contributed by atoms with Gasteiger partial charge in [-0.2, -0.15) is 0 Å². The van der Waals surface area contributed by atoms with Crippen molar-refractivity contribution in [1.29, 1.82) is 0 Å². The topological polar surface area (TPSA) is 105 Å². The normalized spacial score (nSPS) is 9.86.